The van der Waals surface area contributed by atoms with Gasteiger partial charge < -0.3 is 5.73 Å². The molecular formula is C14H22N2. The fraction of sp³-hybridized carbons (Fsp3) is 0.571. The fourth-order valence-corrected chi connectivity index (χ4v) is 2.73. The van der Waals surface area contributed by atoms with Crippen LogP contribution in [0.2, 0.25) is 0 Å². The molecule has 1 heterocycles. The van der Waals surface area contributed by atoms with Gasteiger partial charge >= 0.3 is 0 Å². The fourth-order valence-electron chi connectivity index (χ4n) is 2.73. The molecule has 0 saturated carbocycles. The highest BCUT2D eigenvalue weighted by atomic mass is 15.2. The lowest BCUT2D eigenvalue weighted by Gasteiger charge is -2.40. The van der Waals surface area contributed by atoms with E-state index in [1.807, 2.05) is 0 Å². The van der Waals surface area contributed by atoms with Gasteiger partial charge in [-0.2, -0.15) is 0 Å². The van der Waals surface area contributed by atoms with Crippen molar-refractivity contribution in [3.63, 3.8) is 0 Å². The molecule has 0 amide bonds. The first-order valence-corrected chi connectivity index (χ1v) is 6.24. The number of piperidine rings is 1. The highest BCUT2D eigenvalue weighted by Crippen LogP contribution is 2.27. The lowest BCUT2D eigenvalue weighted by Crippen LogP contribution is -2.46. The monoisotopic (exact) mass is 218 g/mol. The molecule has 2 nitrogen and oxygen atoms in total. The van der Waals surface area contributed by atoms with E-state index in [0.717, 1.165) is 19.4 Å². The molecule has 1 saturated heterocycles. The molecule has 1 aromatic carbocycles. The molecule has 2 rings (SSSR count). The van der Waals surface area contributed by atoms with Crippen molar-refractivity contribution in [2.24, 2.45) is 5.73 Å². The second-order valence-corrected chi connectivity index (χ2v) is 4.96. The van der Waals surface area contributed by atoms with Gasteiger partial charge in [-0.3, -0.25) is 4.90 Å². The summed E-state index contributed by atoms with van der Waals surface area (Å²) in [4.78, 5) is 2.57. The molecule has 1 aliphatic heterocycles. The van der Waals surface area contributed by atoms with E-state index < -0.39 is 0 Å². The van der Waals surface area contributed by atoms with Crippen LogP contribution in [0, 0.1) is 0 Å². The maximum absolute atomic E-state index is 6.00. The molecule has 1 aliphatic rings. The Morgan fingerprint density at radius 1 is 1.31 bits per heavy atom. The largest absolute Gasteiger partial charge is 0.328 e. The van der Waals surface area contributed by atoms with Gasteiger partial charge in [-0.1, -0.05) is 30.3 Å². The van der Waals surface area contributed by atoms with E-state index in [-0.39, 0.29) is 0 Å². The average Bonchev–Trinajstić information content (AvgIpc) is 2.29. The summed E-state index contributed by atoms with van der Waals surface area (Å²) in [5.41, 5.74) is 7.41. The van der Waals surface area contributed by atoms with Gasteiger partial charge in [0.1, 0.15) is 0 Å². The zero-order valence-electron chi connectivity index (χ0n) is 10.3. The number of hydrogen-bond donors (Lipinski definition) is 1. The predicted molar refractivity (Wildman–Crippen MR) is 68.2 cm³/mol. The number of rotatable bonds is 2. The number of hydrogen-bond acceptors (Lipinski definition) is 2. The molecular weight excluding hydrogens is 196 g/mol. The molecule has 3 atom stereocenters. The van der Waals surface area contributed by atoms with Gasteiger partial charge in [0, 0.05) is 24.7 Å². The molecule has 88 valence electrons. The van der Waals surface area contributed by atoms with Gasteiger partial charge in [-0.05, 0) is 32.3 Å². The highest BCUT2D eigenvalue weighted by molar-refractivity contribution is 5.18. The highest BCUT2D eigenvalue weighted by Gasteiger charge is 2.27. The Morgan fingerprint density at radius 3 is 2.62 bits per heavy atom. The maximum atomic E-state index is 6.00. The molecule has 3 unspecified atom stereocenters. The van der Waals surface area contributed by atoms with Crippen LogP contribution >= 0.6 is 0 Å². The lowest BCUT2D eigenvalue weighted by molar-refractivity contribution is 0.104. The Hall–Kier alpha value is -0.860. The van der Waals surface area contributed by atoms with Crippen molar-refractivity contribution in [2.45, 2.75) is 44.8 Å². The van der Waals surface area contributed by atoms with E-state index in [0.29, 0.717) is 18.1 Å². The van der Waals surface area contributed by atoms with Crippen LogP contribution in [0.25, 0.3) is 0 Å². The van der Waals surface area contributed by atoms with Crippen molar-refractivity contribution in [2.75, 3.05) is 6.54 Å². The van der Waals surface area contributed by atoms with E-state index in [4.69, 9.17) is 5.73 Å². The van der Waals surface area contributed by atoms with Gasteiger partial charge in [0.2, 0.25) is 0 Å². The van der Waals surface area contributed by atoms with Crippen molar-refractivity contribution in [3.05, 3.63) is 35.9 Å². The van der Waals surface area contributed by atoms with E-state index in [1.165, 1.54) is 5.56 Å². The van der Waals surface area contributed by atoms with Crippen LogP contribution in [0.3, 0.4) is 0 Å². The topological polar surface area (TPSA) is 29.3 Å². The summed E-state index contributed by atoms with van der Waals surface area (Å²) >= 11 is 0. The van der Waals surface area contributed by atoms with Crippen molar-refractivity contribution >= 4 is 0 Å². The predicted octanol–water partition coefficient (Wildman–Crippen LogP) is 2.56. The summed E-state index contributed by atoms with van der Waals surface area (Å²) in [7, 11) is 0. The van der Waals surface area contributed by atoms with Crippen LogP contribution in [0.4, 0.5) is 0 Å². The van der Waals surface area contributed by atoms with Gasteiger partial charge in [0.15, 0.2) is 0 Å². The van der Waals surface area contributed by atoms with Gasteiger partial charge in [-0.25, -0.2) is 0 Å². The maximum Gasteiger partial charge on any atom is 0.0322 e. The second-order valence-electron chi connectivity index (χ2n) is 4.96. The Kier molecular flexibility index (Phi) is 3.62. The van der Waals surface area contributed by atoms with Crippen LogP contribution in [-0.2, 0) is 0 Å². The summed E-state index contributed by atoms with van der Waals surface area (Å²) < 4.78 is 0. The Morgan fingerprint density at radius 2 is 2.00 bits per heavy atom. The minimum Gasteiger partial charge on any atom is -0.328 e. The van der Waals surface area contributed by atoms with Crippen molar-refractivity contribution < 1.29 is 0 Å². The average molecular weight is 218 g/mol. The summed E-state index contributed by atoms with van der Waals surface area (Å²) in [6.45, 7) is 5.71. The van der Waals surface area contributed by atoms with Gasteiger partial charge in [0.05, 0.1) is 0 Å². The minimum atomic E-state index is 0.397. The van der Waals surface area contributed by atoms with Crippen LogP contribution < -0.4 is 5.73 Å². The third kappa shape index (κ3) is 2.45. The molecule has 16 heavy (non-hydrogen) atoms. The van der Waals surface area contributed by atoms with Crippen LogP contribution in [0.15, 0.2) is 30.3 Å². The van der Waals surface area contributed by atoms with Gasteiger partial charge in [-0.15, -0.1) is 0 Å². The third-order valence-corrected chi connectivity index (χ3v) is 3.75. The first kappa shape index (κ1) is 11.6. The SMILES string of the molecule is CC1CC(N)CCN1C(C)c1ccccc1. The third-order valence-electron chi connectivity index (χ3n) is 3.75. The molecule has 2 N–H and O–H groups in total. The molecule has 0 bridgehead atoms. The number of nitrogens with two attached hydrogens (primary N) is 1. The number of benzene rings is 1. The second kappa shape index (κ2) is 4.98. The Labute approximate surface area is 98.4 Å². The normalized spacial score (nSPS) is 28.9. The van der Waals surface area contributed by atoms with Crippen molar-refractivity contribution in [3.8, 4) is 0 Å². The molecule has 1 aromatic rings. The van der Waals surface area contributed by atoms with E-state index >= 15 is 0 Å². The summed E-state index contributed by atoms with van der Waals surface area (Å²) in [6.07, 6.45) is 2.25. The quantitative estimate of drug-likeness (QED) is 0.826. The van der Waals surface area contributed by atoms with Crippen LogP contribution in [0.5, 0.6) is 0 Å². The first-order valence-electron chi connectivity index (χ1n) is 6.24. The van der Waals surface area contributed by atoms with E-state index in [9.17, 15) is 0 Å². The van der Waals surface area contributed by atoms with E-state index in [1.54, 1.807) is 0 Å². The minimum absolute atomic E-state index is 0.397. The molecule has 1 fully saturated rings. The van der Waals surface area contributed by atoms with Crippen LogP contribution in [-0.4, -0.2) is 23.5 Å². The zero-order valence-corrected chi connectivity index (χ0v) is 10.3. The van der Waals surface area contributed by atoms with Gasteiger partial charge in [0.25, 0.3) is 0 Å². The van der Waals surface area contributed by atoms with Crippen molar-refractivity contribution in [1.82, 2.24) is 4.90 Å². The molecule has 0 aromatic heterocycles. The Balaban J connectivity index is 2.07. The first-order chi connectivity index (χ1) is 7.68. The summed E-state index contributed by atoms with van der Waals surface area (Å²) in [6, 6.07) is 12.2. The Bertz CT molecular complexity index is 323. The molecule has 0 radical (unpaired) electrons. The summed E-state index contributed by atoms with van der Waals surface area (Å²) in [5.74, 6) is 0. The molecule has 0 spiro atoms. The van der Waals surface area contributed by atoms with Crippen molar-refractivity contribution in [1.29, 1.82) is 0 Å². The standard InChI is InChI=1S/C14H22N2/c1-11-10-14(15)8-9-16(11)12(2)13-6-4-3-5-7-13/h3-7,11-12,14H,8-10,15H2,1-2H3. The zero-order chi connectivity index (χ0) is 11.5. The number of nitrogens with zero attached hydrogens (tertiary/aromatic N) is 1. The smallest absolute Gasteiger partial charge is 0.0322 e. The number of likely N-dealkylation sites (tertiary alicyclic amines) is 1. The van der Waals surface area contributed by atoms with E-state index in [2.05, 4.69) is 49.1 Å². The lowest BCUT2D eigenvalue weighted by atomic mass is 9.95. The van der Waals surface area contributed by atoms with Crippen LogP contribution in [0.1, 0.15) is 38.3 Å². The summed E-state index contributed by atoms with van der Waals surface area (Å²) in [5, 5.41) is 0. The molecule has 0 aliphatic carbocycles. The molecule has 2 heteroatoms.